The number of carbonyl (C=O) groups is 2. The predicted molar refractivity (Wildman–Crippen MR) is 190 cm³/mol. The van der Waals surface area contributed by atoms with Gasteiger partial charge in [0.25, 0.3) is 0 Å². The zero-order chi connectivity index (χ0) is 36.0. The molecule has 1 unspecified atom stereocenters. The first-order chi connectivity index (χ1) is 24.2. The van der Waals surface area contributed by atoms with Gasteiger partial charge in [0.05, 0.1) is 25.2 Å². The number of nitrogens with zero attached hydrogens (tertiary/aromatic N) is 2. The average Bonchev–Trinajstić information content (AvgIpc) is 3.12. The standard InChI is InChI=1S/C40H53F3N2O5/c1-3-5-7-9-11-12-13-15-17-27-49-37(46)28-36(40(41,42)43)50-39(47)33-20-18-32(19-21-33)38-44-29-34(30-45-38)31-22-24-35(25-23-31)48-26-16-14-10-8-6-4-2/h18-25,29-30,36H,3-17,26-28H2,1-2H3. The van der Waals surface area contributed by atoms with E-state index in [0.29, 0.717) is 24.4 Å². The lowest BCUT2D eigenvalue weighted by molar-refractivity contribution is -0.210. The number of ether oxygens (including phenoxy) is 3. The minimum atomic E-state index is -4.93. The van der Waals surface area contributed by atoms with E-state index < -0.39 is 30.6 Å². The van der Waals surface area contributed by atoms with Gasteiger partial charge < -0.3 is 14.2 Å². The van der Waals surface area contributed by atoms with E-state index in [1.54, 1.807) is 12.4 Å². The molecule has 0 radical (unpaired) electrons. The number of alkyl halides is 3. The lowest BCUT2D eigenvalue weighted by Gasteiger charge is -2.20. The Morgan fingerprint density at radius 3 is 1.68 bits per heavy atom. The molecule has 0 spiro atoms. The summed E-state index contributed by atoms with van der Waals surface area (Å²) < 4.78 is 56.6. The van der Waals surface area contributed by atoms with Gasteiger partial charge in [0.15, 0.2) is 5.82 Å². The van der Waals surface area contributed by atoms with E-state index in [4.69, 9.17) is 14.2 Å². The van der Waals surface area contributed by atoms with Crippen molar-refractivity contribution in [2.75, 3.05) is 13.2 Å². The molecule has 0 fully saturated rings. The van der Waals surface area contributed by atoms with Crippen molar-refractivity contribution < 1.29 is 37.0 Å². The summed E-state index contributed by atoms with van der Waals surface area (Å²) in [6, 6.07) is 13.5. The molecule has 0 saturated heterocycles. The molecule has 1 heterocycles. The predicted octanol–water partition coefficient (Wildman–Crippen LogP) is 11.1. The number of benzene rings is 2. The second-order valence-electron chi connectivity index (χ2n) is 12.7. The van der Waals surface area contributed by atoms with Crippen LogP contribution in [0, 0.1) is 0 Å². The Kier molecular flexibility index (Phi) is 18.4. The molecule has 0 aliphatic carbocycles. The maximum atomic E-state index is 13.7. The summed E-state index contributed by atoms with van der Waals surface area (Å²) in [6.07, 6.45) is 11.5. The Hall–Kier alpha value is -3.95. The number of esters is 2. The van der Waals surface area contributed by atoms with Crippen molar-refractivity contribution in [1.82, 2.24) is 9.97 Å². The van der Waals surface area contributed by atoms with Crippen molar-refractivity contribution in [2.24, 2.45) is 0 Å². The van der Waals surface area contributed by atoms with Crippen molar-refractivity contribution in [3.05, 3.63) is 66.5 Å². The second-order valence-corrected chi connectivity index (χ2v) is 12.7. The summed E-state index contributed by atoms with van der Waals surface area (Å²) >= 11 is 0. The van der Waals surface area contributed by atoms with Gasteiger partial charge in [0.1, 0.15) is 5.75 Å². The number of aromatic nitrogens is 2. The third kappa shape index (κ3) is 15.3. The summed E-state index contributed by atoms with van der Waals surface area (Å²) in [5.41, 5.74) is 2.20. The monoisotopic (exact) mass is 698 g/mol. The highest BCUT2D eigenvalue weighted by Gasteiger charge is 2.44. The van der Waals surface area contributed by atoms with Gasteiger partial charge >= 0.3 is 18.1 Å². The fourth-order valence-corrected chi connectivity index (χ4v) is 5.43. The van der Waals surface area contributed by atoms with E-state index in [1.165, 1.54) is 82.1 Å². The van der Waals surface area contributed by atoms with Crippen LogP contribution >= 0.6 is 0 Å². The third-order valence-corrected chi connectivity index (χ3v) is 8.46. The van der Waals surface area contributed by atoms with Crippen LogP contribution in [0.4, 0.5) is 13.2 Å². The number of rotatable bonds is 24. The lowest BCUT2D eigenvalue weighted by Crippen LogP contribution is -2.36. The third-order valence-electron chi connectivity index (χ3n) is 8.46. The largest absolute Gasteiger partial charge is 0.494 e. The van der Waals surface area contributed by atoms with Crippen molar-refractivity contribution in [1.29, 1.82) is 0 Å². The molecule has 0 aliphatic rings. The fourth-order valence-electron chi connectivity index (χ4n) is 5.43. The van der Waals surface area contributed by atoms with E-state index >= 15 is 0 Å². The quantitative estimate of drug-likeness (QED) is 0.0679. The summed E-state index contributed by atoms with van der Waals surface area (Å²) in [6.45, 7) is 5.11. The summed E-state index contributed by atoms with van der Waals surface area (Å²) in [4.78, 5) is 33.6. The minimum Gasteiger partial charge on any atom is -0.494 e. The molecule has 50 heavy (non-hydrogen) atoms. The van der Waals surface area contributed by atoms with Gasteiger partial charge in [0, 0.05) is 23.5 Å². The summed E-state index contributed by atoms with van der Waals surface area (Å²) in [5.74, 6) is -1.05. The van der Waals surface area contributed by atoms with Crippen LogP contribution in [0.5, 0.6) is 5.75 Å². The van der Waals surface area contributed by atoms with E-state index in [0.717, 1.165) is 49.0 Å². The van der Waals surface area contributed by atoms with Gasteiger partial charge in [-0.1, -0.05) is 122 Å². The molecule has 0 saturated carbocycles. The van der Waals surface area contributed by atoms with Crippen LogP contribution in [0.2, 0.25) is 0 Å². The van der Waals surface area contributed by atoms with Gasteiger partial charge in [-0.25, -0.2) is 14.8 Å². The normalized spacial score (nSPS) is 12.0. The number of carbonyl (C=O) groups excluding carboxylic acids is 2. The molecule has 3 rings (SSSR count). The van der Waals surface area contributed by atoms with Crippen molar-refractivity contribution in [3.8, 4) is 28.3 Å². The van der Waals surface area contributed by atoms with Gasteiger partial charge in [-0.3, -0.25) is 4.79 Å². The zero-order valence-electron chi connectivity index (χ0n) is 29.6. The van der Waals surface area contributed by atoms with Crippen molar-refractivity contribution in [2.45, 2.75) is 129 Å². The molecule has 0 aliphatic heterocycles. The van der Waals surface area contributed by atoms with Crippen LogP contribution in [0.1, 0.15) is 127 Å². The Morgan fingerprint density at radius 2 is 1.14 bits per heavy atom. The van der Waals surface area contributed by atoms with Crippen LogP contribution < -0.4 is 4.74 Å². The SMILES string of the molecule is CCCCCCCCCCCOC(=O)CC(OC(=O)c1ccc(-c2ncc(-c3ccc(OCCCCCCCC)cc3)cn2)cc1)C(F)(F)F. The van der Waals surface area contributed by atoms with Crippen LogP contribution in [0.15, 0.2) is 60.9 Å². The first-order valence-corrected chi connectivity index (χ1v) is 18.3. The van der Waals surface area contributed by atoms with Gasteiger partial charge in [-0.15, -0.1) is 0 Å². The molecule has 7 nitrogen and oxygen atoms in total. The molecule has 10 heteroatoms. The van der Waals surface area contributed by atoms with E-state index in [9.17, 15) is 22.8 Å². The second kappa shape index (κ2) is 22.7. The molecule has 0 N–H and O–H groups in total. The zero-order valence-corrected chi connectivity index (χ0v) is 29.6. The van der Waals surface area contributed by atoms with Crippen LogP contribution in [0.25, 0.3) is 22.5 Å². The summed E-state index contributed by atoms with van der Waals surface area (Å²) in [5, 5.41) is 0. The molecule has 1 aromatic heterocycles. The number of hydrogen-bond donors (Lipinski definition) is 0. The molecule has 1 atom stereocenters. The molecule has 274 valence electrons. The Bertz CT molecular complexity index is 1380. The number of hydrogen-bond acceptors (Lipinski definition) is 7. The Labute approximate surface area is 295 Å². The van der Waals surface area contributed by atoms with E-state index in [1.807, 2.05) is 24.3 Å². The highest BCUT2D eigenvalue weighted by atomic mass is 19.4. The minimum absolute atomic E-state index is 0.0400. The van der Waals surface area contributed by atoms with Gasteiger partial charge in [-0.2, -0.15) is 13.2 Å². The maximum Gasteiger partial charge on any atom is 0.426 e. The van der Waals surface area contributed by atoms with E-state index in [2.05, 4.69) is 23.8 Å². The molecule has 3 aromatic rings. The Balaban J connectivity index is 1.44. The van der Waals surface area contributed by atoms with Crippen LogP contribution in [0.3, 0.4) is 0 Å². The van der Waals surface area contributed by atoms with Crippen molar-refractivity contribution in [3.63, 3.8) is 0 Å². The van der Waals surface area contributed by atoms with Crippen molar-refractivity contribution >= 4 is 11.9 Å². The number of unbranched alkanes of at least 4 members (excludes halogenated alkanes) is 13. The summed E-state index contributed by atoms with van der Waals surface area (Å²) in [7, 11) is 0. The molecular weight excluding hydrogens is 645 g/mol. The van der Waals surface area contributed by atoms with Crippen LogP contribution in [-0.2, 0) is 14.3 Å². The van der Waals surface area contributed by atoms with Gasteiger partial charge in [-0.05, 0) is 42.7 Å². The van der Waals surface area contributed by atoms with Crippen LogP contribution in [-0.4, -0.2) is 47.4 Å². The molecule has 0 bridgehead atoms. The molecule has 0 amide bonds. The van der Waals surface area contributed by atoms with E-state index in [-0.39, 0.29) is 12.2 Å². The first kappa shape index (κ1) is 40.5. The maximum absolute atomic E-state index is 13.7. The Morgan fingerprint density at radius 1 is 0.640 bits per heavy atom. The molecular formula is C40H53F3N2O5. The fraction of sp³-hybridized carbons (Fsp3) is 0.550. The first-order valence-electron chi connectivity index (χ1n) is 18.3. The average molecular weight is 699 g/mol. The smallest absolute Gasteiger partial charge is 0.426 e. The topological polar surface area (TPSA) is 87.6 Å². The van der Waals surface area contributed by atoms with Gasteiger partial charge in [0.2, 0.25) is 6.10 Å². The highest BCUT2D eigenvalue weighted by Crippen LogP contribution is 2.28. The lowest BCUT2D eigenvalue weighted by atomic mass is 10.1. The number of halogens is 3. The highest BCUT2D eigenvalue weighted by molar-refractivity contribution is 5.90. The molecule has 2 aromatic carbocycles.